The third kappa shape index (κ3) is 6.48. The van der Waals surface area contributed by atoms with Gasteiger partial charge < -0.3 is 10.4 Å². The number of nitrogens with zero attached hydrogens (tertiary/aromatic N) is 2. The van der Waals surface area contributed by atoms with E-state index in [1.807, 2.05) is 30.3 Å². The lowest BCUT2D eigenvalue weighted by Gasteiger charge is -2.34. The van der Waals surface area contributed by atoms with Gasteiger partial charge in [0, 0.05) is 44.8 Å². The van der Waals surface area contributed by atoms with Crippen molar-refractivity contribution in [3.05, 3.63) is 65.7 Å². The minimum atomic E-state index is -0.819. The zero-order valence-corrected chi connectivity index (χ0v) is 16.0. The van der Waals surface area contributed by atoms with E-state index in [-0.39, 0.29) is 12.3 Å². The predicted molar refractivity (Wildman–Crippen MR) is 109 cm³/mol. The molecule has 1 aliphatic heterocycles. The van der Waals surface area contributed by atoms with Crippen molar-refractivity contribution in [3.8, 4) is 0 Å². The number of hydrogen-bond acceptors (Lipinski definition) is 4. The van der Waals surface area contributed by atoms with Gasteiger partial charge in [-0.05, 0) is 29.7 Å². The largest absolute Gasteiger partial charge is 0.481 e. The fourth-order valence-electron chi connectivity index (χ4n) is 3.41. The molecule has 0 bridgehead atoms. The summed E-state index contributed by atoms with van der Waals surface area (Å²) in [4.78, 5) is 27.7. The van der Waals surface area contributed by atoms with Crippen LogP contribution >= 0.6 is 0 Å². The van der Waals surface area contributed by atoms with Gasteiger partial charge in [0.1, 0.15) is 0 Å². The highest BCUT2D eigenvalue weighted by molar-refractivity contribution is 5.92. The van der Waals surface area contributed by atoms with Gasteiger partial charge in [0.2, 0.25) is 5.91 Å². The molecule has 0 radical (unpaired) electrons. The Kier molecular flexibility index (Phi) is 7.17. The van der Waals surface area contributed by atoms with Gasteiger partial charge in [0.15, 0.2) is 0 Å². The van der Waals surface area contributed by atoms with Crippen molar-refractivity contribution in [2.24, 2.45) is 0 Å². The quantitative estimate of drug-likeness (QED) is 0.735. The molecule has 1 fully saturated rings. The number of carboxylic acids is 1. The molecule has 28 heavy (non-hydrogen) atoms. The Labute approximate surface area is 165 Å². The van der Waals surface area contributed by atoms with Crippen LogP contribution in [-0.2, 0) is 22.6 Å². The maximum absolute atomic E-state index is 12.4. The molecule has 0 saturated carbocycles. The standard InChI is InChI=1S/C22H27N3O3/c26-21(23-20-8-4-7-18(15-20)9-10-22(27)28)17-25-13-11-24(12-14-25)16-19-5-2-1-3-6-19/h1-8,15H,9-14,16-17H2,(H,23,26)(H,27,28). The number of rotatable bonds is 8. The SMILES string of the molecule is O=C(O)CCc1cccc(NC(=O)CN2CCN(Cc3ccccc3)CC2)c1. The Morgan fingerprint density at radius 1 is 0.893 bits per heavy atom. The molecule has 1 amide bonds. The molecule has 2 aromatic carbocycles. The molecule has 0 atom stereocenters. The molecule has 0 unspecified atom stereocenters. The summed E-state index contributed by atoms with van der Waals surface area (Å²) in [5, 5.41) is 11.7. The molecule has 3 rings (SSSR count). The Morgan fingerprint density at radius 2 is 1.57 bits per heavy atom. The van der Waals surface area contributed by atoms with Crippen molar-refractivity contribution >= 4 is 17.6 Å². The summed E-state index contributed by atoms with van der Waals surface area (Å²) in [6.07, 6.45) is 0.549. The van der Waals surface area contributed by atoms with Crippen LogP contribution in [0, 0.1) is 0 Å². The smallest absolute Gasteiger partial charge is 0.303 e. The molecule has 1 saturated heterocycles. The third-order valence-electron chi connectivity index (χ3n) is 4.92. The summed E-state index contributed by atoms with van der Waals surface area (Å²) in [7, 11) is 0. The molecule has 2 aromatic rings. The molecule has 0 aromatic heterocycles. The van der Waals surface area contributed by atoms with Gasteiger partial charge in [-0.15, -0.1) is 0 Å². The van der Waals surface area contributed by atoms with Crippen LogP contribution < -0.4 is 5.32 Å². The van der Waals surface area contributed by atoms with Crippen molar-refractivity contribution < 1.29 is 14.7 Å². The summed E-state index contributed by atoms with van der Waals surface area (Å²) in [6.45, 7) is 4.97. The maximum Gasteiger partial charge on any atom is 0.303 e. The van der Waals surface area contributed by atoms with Crippen LogP contribution in [0.1, 0.15) is 17.5 Å². The minimum Gasteiger partial charge on any atom is -0.481 e. The van der Waals surface area contributed by atoms with E-state index in [0.29, 0.717) is 13.0 Å². The number of amides is 1. The number of carbonyl (C=O) groups excluding carboxylic acids is 1. The number of benzene rings is 2. The zero-order chi connectivity index (χ0) is 19.8. The zero-order valence-electron chi connectivity index (χ0n) is 16.0. The van der Waals surface area contributed by atoms with Gasteiger partial charge in [0.25, 0.3) is 0 Å². The fourth-order valence-corrected chi connectivity index (χ4v) is 3.41. The maximum atomic E-state index is 12.4. The molecule has 6 nitrogen and oxygen atoms in total. The molecule has 1 aliphatic rings. The van der Waals surface area contributed by atoms with Crippen molar-refractivity contribution in [2.45, 2.75) is 19.4 Å². The Hall–Kier alpha value is -2.70. The Balaban J connectivity index is 1.42. The summed E-state index contributed by atoms with van der Waals surface area (Å²) in [5.74, 6) is -0.854. The summed E-state index contributed by atoms with van der Waals surface area (Å²) >= 11 is 0. The monoisotopic (exact) mass is 381 g/mol. The van der Waals surface area contributed by atoms with Gasteiger partial charge in [-0.25, -0.2) is 0 Å². The van der Waals surface area contributed by atoms with E-state index in [1.54, 1.807) is 0 Å². The molecule has 0 aliphatic carbocycles. The van der Waals surface area contributed by atoms with Crippen LogP contribution in [0.25, 0.3) is 0 Å². The highest BCUT2D eigenvalue weighted by Gasteiger charge is 2.19. The van der Waals surface area contributed by atoms with Crippen LogP contribution in [0.4, 0.5) is 5.69 Å². The second kappa shape index (κ2) is 10.0. The average molecular weight is 381 g/mol. The lowest BCUT2D eigenvalue weighted by Crippen LogP contribution is -2.48. The number of carbonyl (C=O) groups is 2. The third-order valence-corrected chi connectivity index (χ3v) is 4.92. The molecular formula is C22H27N3O3. The minimum absolute atomic E-state index is 0.0353. The van der Waals surface area contributed by atoms with E-state index < -0.39 is 5.97 Å². The molecule has 1 heterocycles. The number of carboxylic acid groups (broad SMARTS) is 1. The number of piperazine rings is 1. The second-order valence-corrected chi connectivity index (χ2v) is 7.18. The van der Waals surface area contributed by atoms with E-state index in [4.69, 9.17) is 5.11 Å². The normalized spacial score (nSPS) is 15.3. The molecular weight excluding hydrogens is 354 g/mol. The van der Waals surface area contributed by atoms with Crippen LogP contribution in [0.2, 0.25) is 0 Å². The van der Waals surface area contributed by atoms with Gasteiger partial charge in [-0.3, -0.25) is 19.4 Å². The first kappa shape index (κ1) is 20.0. The molecule has 0 spiro atoms. The topological polar surface area (TPSA) is 72.9 Å². The number of nitrogens with one attached hydrogen (secondary N) is 1. The first-order chi connectivity index (χ1) is 13.6. The number of anilines is 1. The van der Waals surface area contributed by atoms with E-state index in [2.05, 4.69) is 39.4 Å². The first-order valence-corrected chi connectivity index (χ1v) is 9.68. The highest BCUT2D eigenvalue weighted by Crippen LogP contribution is 2.13. The van der Waals surface area contributed by atoms with E-state index in [1.165, 1.54) is 5.56 Å². The lowest BCUT2D eigenvalue weighted by atomic mass is 10.1. The van der Waals surface area contributed by atoms with Gasteiger partial charge >= 0.3 is 5.97 Å². The first-order valence-electron chi connectivity index (χ1n) is 9.68. The van der Waals surface area contributed by atoms with Crippen molar-refractivity contribution in [1.29, 1.82) is 0 Å². The Bertz CT molecular complexity index is 787. The molecule has 2 N–H and O–H groups in total. The van der Waals surface area contributed by atoms with Crippen molar-refractivity contribution in [1.82, 2.24) is 9.80 Å². The van der Waals surface area contributed by atoms with E-state index >= 15 is 0 Å². The van der Waals surface area contributed by atoms with E-state index in [0.717, 1.165) is 44.0 Å². The van der Waals surface area contributed by atoms with Crippen LogP contribution in [0.3, 0.4) is 0 Å². The van der Waals surface area contributed by atoms with Crippen LogP contribution in [0.15, 0.2) is 54.6 Å². The van der Waals surface area contributed by atoms with Gasteiger partial charge in [-0.2, -0.15) is 0 Å². The number of hydrogen-bond donors (Lipinski definition) is 2. The predicted octanol–water partition coefficient (Wildman–Crippen LogP) is 2.46. The summed E-state index contributed by atoms with van der Waals surface area (Å²) in [5.41, 5.74) is 2.95. The van der Waals surface area contributed by atoms with Gasteiger partial charge in [-0.1, -0.05) is 42.5 Å². The van der Waals surface area contributed by atoms with Gasteiger partial charge in [0.05, 0.1) is 6.54 Å². The highest BCUT2D eigenvalue weighted by atomic mass is 16.4. The van der Waals surface area contributed by atoms with Crippen LogP contribution in [0.5, 0.6) is 0 Å². The van der Waals surface area contributed by atoms with Crippen LogP contribution in [-0.4, -0.2) is 59.5 Å². The summed E-state index contributed by atoms with van der Waals surface area (Å²) < 4.78 is 0. The Morgan fingerprint density at radius 3 is 2.29 bits per heavy atom. The summed E-state index contributed by atoms with van der Waals surface area (Å²) in [6, 6.07) is 17.8. The second-order valence-electron chi connectivity index (χ2n) is 7.18. The number of aliphatic carboxylic acids is 1. The average Bonchev–Trinajstić information content (AvgIpc) is 2.69. The fraction of sp³-hybridized carbons (Fsp3) is 0.364. The molecule has 148 valence electrons. The van der Waals surface area contributed by atoms with Crippen molar-refractivity contribution in [3.63, 3.8) is 0 Å². The molecule has 6 heteroatoms. The number of aryl methyl sites for hydroxylation is 1. The van der Waals surface area contributed by atoms with Crippen molar-refractivity contribution in [2.75, 3.05) is 38.0 Å². The lowest BCUT2D eigenvalue weighted by molar-refractivity contribution is -0.137. The van der Waals surface area contributed by atoms with E-state index in [9.17, 15) is 9.59 Å².